The van der Waals surface area contributed by atoms with Crippen LogP contribution in [0.25, 0.3) is 10.6 Å². The number of rotatable bonds is 8. The molecule has 3 aromatic rings. The third kappa shape index (κ3) is 5.90. The Balaban J connectivity index is 1.69. The molecule has 0 atom stereocenters. The van der Waals surface area contributed by atoms with E-state index in [-0.39, 0.29) is 13.0 Å². The first-order valence-corrected chi connectivity index (χ1v) is 10.6. The summed E-state index contributed by atoms with van der Waals surface area (Å²) in [6.07, 6.45) is -0.00696. The molecule has 0 aliphatic carbocycles. The number of aryl methyl sites for hydroxylation is 1. The Bertz CT molecular complexity index is 1080. The van der Waals surface area contributed by atoms with Gasteiger partial charge < -0.3 is 15.4 Å². The fourth-order valence-corrected chi connectivity index (χ4v) is 3.89. The fraction of sp³-hybridized carbons (Fsp3) is 0.182. The van der Waals surface area contributed by atoms with Gasteiger partial charge in [-0.25, -0.2) is 9.78 Å². The largest absolute Gasteiger partial charge is 0.451 e. The highest BCUT2D eigenvalue weighted by atomic mass is 35.5. The van der Waals surface area contributed by atoms with Crippen molar-refractivity contribution in [2.24, 2.45) is 5.73 Å². The first-order valence-electron chi connectivity index (χ1n) is 9.39. The summed E-state index contributed by atoms with van der Waals surface area (Å²) in [6, 6.07) is 15.9. The van der Waals surface area contributed by atoms with Gasteiger partial charge in [0.25, 0.3) is 5.91 Å². The minimum atomic E-state index is -0.633. The van der Waals surface area contributed by atoms with E-state index in [9.17, 15) is 14.4 Å². The van der Waals surface area contributed by atoms with Gasteiger partial charge in [0.15, 0.2) is 6.61 Å². The fourth-order valence-electron chi connectivity index (χ4n) is 2.80. The lowest BCUT2D eigenvalue weighted by Crippen LogP contribution is -2.37. The second kappa shape index (κ2) is 10.2. The minimum Gasteiger partial charge on any atom is -0.451 e. The maximum Gasteiger partial charge on any atom is 0.350 e. The highest BCUT2D eigenvalue weighted by Gasteiger charge is 2.22. The molecule has 2 N–H and O–H groups in total. The van der Waals surface area contributed by atoms with E-state index in [4.69, 9.17) is 22.1 Å². The molecule has 0 unspecified atom stereocenters. The maximum atomic E-state index is 12.7. The quantitative estimate of drug-likeness (QED) is 0.518. The minimum absolute atomic E-state index is 0.00696. The van der Waals surface area contributed by atoms with Crippen molar-refractivity contribution in [2.45, 2.75) is 13.3 Å². The number of carbonyl (C=O) groups is 3. The van der Waals surface area contributed by atoms with Crippen LogP contribution in [0.5, 0.6) is 0 Å². The second-order valence-electron chi connectivity index (χ2n) is 6.61. The summed E-state index contributed by atoms with van der Waals surface area (Å²) in [7, 11) is 0. The summed E-state index contributed by atoms with van der Waals surface area (Å²) < 4.78 is 5.25. The number of thiazole rings is 1. The SMILES string of the molecule is Cc1nc(-c2ccc(Cl)cc2)sc1C(=O)OCC(=O)N(CCC(N)=O)c1ccccc1. The normalized spacial score (nSPS) is 10.5. The topological polar surface area (TPSA) is 103 Å². The van der Waals surface area contributed by atoms with Gasteiger partial charge in [-0.15, -0.1) is 11.3 Å². The number of nitrogens with zero attached hydrogens (tertiary/aromatic N) is 2. The number of hydrogen-bond acceptors (Lipinski definition) is 6. The molecule has 0 spiro atoms. The summed E-state index contributed by atoms with van der Waals surface area (Å²) in [4.78, 5) is 42.6. The van der Waals surface area contributed by atoms with E-state index in [1.165, 1.54) is 16.2 Å². The van der Waals surface area contributed by atoms with Crippen LogP contribution in [0.2, 0.25) is 5.02 Å². The Morgan fingerprint density at radius 2 is 1.77 bits per heavy atom. The predicted molar refractivity (Wildman–Crippen MR) is 120 cm³/mol. The van der Waals surface area contributed by atoms with Crippen molar-refractivity contribution in [1.82, 2.24) is 4.98 Å². The number of ether oxygens (including phenoxy) is 1. The Hall–Kier alpha value is -3.23. The molecule has 0 bridgehead atoms. The highest BCUT2D eigenvalue weighted by Crippen LogP contribution is 2.29. The van der Waals surface area contributed by atoms with Crippen molar-refractivity contribution in [1.29, 1.82) is 0 Å². The van der Waals surface area contributed by atoms with Crippen LogP contribution < -0.4 is 10.6 Å². The third-order valence-corrected chi connectivity index (χ3v) is 5.79. The molecule has 160 valence electrons. The van der Waals surface area contributed by atoms with Gasteiger partial charge in [-0.1, -0.05) is 41.9 Å². The molecule has 0 fully saturated rings. The number of esters is 1. The maximum absolute atomic E-state index is 12.7. The molecule has 2 aromatic carbocycles. The average molecular weight is 458 g/mol. The zero-order valence-corrected chi connectivity index (χ0v) is 18.3. The number of primary amides is 1. The van der Waals surface area contributed by atoms with Crippen LogP contribution in [-0.2, 0) is 14.3 Å². The molecule has 1 heterocycles. The predicted octanol–water partition coefficient (Wildman–Crippen LogP) is 3.84. The van der Waals surface area contributed by atoms with E-state index in [0.717, 1.165) is 5.56 Å². The van der Waals surface area contributed by atoms with Gasteiger partial charge in [0.2, 0.25) is 5.91 Å². The molecule has 2 amide bonds. The van der Waals surface area contributed by atoms with Crippen LogP contribution in [0, 0.1) is 6.92 Å². The van der Waals surface area contributed by atoms with Gasteiger partial charge in [-0.2, -0.15) is 0 Å². The molecule has 31 heavy (non-hydrogen) atoms. The first-order chi connectivity index (χ1) is 14.8. The molecule has 0 saturated heterocycles. The number of amides is 2. The summed E-state index contributed by atoms with van der Waals surface area (Å²) in [5.41, 5.74) is 7.15. The van der Waals surface area contributed by atoms with Crippen molar-refractivity contribution in [3.63, 3.8) is 0 Å². The highest BCUT2D eigenvalue weighted by molar-refractivity contribution is 7.17. The van der Waals surface area contributed by atoms with Gasteiger partial charge in [0.05, 0.1) is 5.69 Å². The van der Waals surface area contributed by atoms with E-state index in [1.54, 1.807) is 43.3 Å². The van der Waals surface area contributed by atoms with Crippen molar-refractivity contribution in [3.05, 3.63) is 70.2 Å². The Labute approximate surface area is 188 Å². The van der Waals surface area contributed by atoms with Crippen LogP contribution in [0.15, 0.2) is 54.6 Å². The number of aromatic nitrogens is 1. The van der Waals surface area contributed by atoms with Crippen molar-refractivity contribution < 1.29 is 19.1 Å². The number of hydrogen-bond donors (Lipinski definition) is 1. The van der Waals surface area contributed by atoms with Crippen molar-refractivity contribution >= 4 is 46.4 Å². The molecule has 7 nitrogen and oxygen atoms in total. The number of para-hydroxylation sites is 1. The molecule has 0 saturated carbocycles. The molecular weight excluding hydrogens is 438 g/mol. The van der Waals surface area contributed by atoms with E-state index in [0.29, 0.717) is 26.3 Å². The van der Waals surface area contributed by atoms with Crippen molar-refractivity contribution in [3.8, 4) is 10.6 Å². The van der Waals surface area contributed by atoms with Gasteiger partial charge in [0.1, 0.15) is 9.88 Å². The molecule has 3 rings (SSSR count). The molecule has 0 radical (unpaired) electrons. The van der Waals surface area contributed by atoms with Crippen LogP contribution >= 0.6 is 22.9 Å². The van der Waals surface area contributed by atoms with Crippen LogP contribution in [0.4, 0.5) is 5.69 Å². The smallest absolute Gasteiger partial charge is 0.350 e. The number of anilines is 1. The van der Waals surface area contributed by atoms with E-state index >= 15 is 0 Å². The van der Waals surface area contributed by atoms with Gasteiger partial charge in [-0.05, 0) is 31.2 Å². The number of nitrogens with two attached hydrogens (primary N) is 1. The third-order valence-electron chi connectivity index (χ3n) is 4.35. The van der Waals surface area contributed by atoms with Gasteiger partial charge in [0, 0.05) is 29.2 Å². The lowest BCUT2D eigenvalue weighted by molar-refractivity contribution is -0.121. The van der Waals surface area contributed by atoms with Crippen LogP contribution in [0.1, 0.15) is 21.8 Å². The summed E-state index contributed by atoms with van der Waals surface area (Å²) in [6.45, 7) is 1.33. The van der Waals surface area contributed by atoms with Crippen LogP contribution in [-0.4, -0.2) is 35.9 Å². The van der Waals surface area contributed by atoms with E-state index in [1.807, 2.05) is 18.2 Å². The molecule has 9 heteroatoms. The standard InChI is InChI=1S/C22H20ClN3O4S/c1-14-20(31-21(25-14)15-7-9-16(23)10-8-15)22(29)30-13-19(28)26(12-11-18(24)27)17-5-3-2-4-6-17/h2-10H,11-13H2,1H3,(H2,24,27). The lowest BCUT2D eigenvalue weighted by atomic mass is 10.2. The molecular formula is C22H20ClN3O4S. The zero-order chi connectivity index (χ0) is 22.4. The molecule has 1 aromatic heterocycles. The van der Waals surface area contributed by atoms with Gasteiger partial charge >= 0.3 is 5.97 Å². The number of halogens is 1. The molecule has 0 aliphatic rings. The number of carbonyl (C=O) groups excluding carboxylic acids is 3. The van der Waals surface area contributed by atoms with E-state index < -0.39 is 24.4 Å². The Kier molecular flexibility index (Phi) is 7.38. The summed E-state index contributed by atoms with van der Waals surface area (Å²) >= 11 is 7.10. The van der Waals surface area contributed by atoms with E-state index in [2.05, 4.69) is 4.98 Å². The average Bonchev–Trinajstić information content (AvgIpc) is 3.15. The summed E-state index contributed by atoms with van der Waals surface area (Å²) in [5.74, 6) is -1.62. The van der Waals surface area contributed by atoms with Crippen molar-refractivity contribution in [2.75, 3.05) is 18.1 Å². The molecule has 0 aliphatic heterocycles. The second-order valence-corrected chi connectivity index (χ2v) is 8.05. The number of benzene rings is 2. The van der Waals surface area contributed by atoms with Crippen LogP contribution in [0.3, 0.4) is 0 Å². The summed E-state index contributed by atoms with van der Waals surface area (Å²) in [5, 5.41) is 1.26. The first kappa shape index (κ1) is 22.5. The lowest BCUT2D eigenvalue weighted by Gasteiger charge is -2.22. The Morgan fingerprint density at radius 1 is 1.10 bits per heavy atom. The Morgan fingerprint density at radius 3 is 2.42 bits per heavy atom. The van der Waals surface area contributed by atoms with Gasteiger partial charge in [-0.3, -0.25) is 9.59 Å². The monoisotopic (exact) mass is 457 g/mol. The zero-order valence-electron chi connectivity index (χ0n) is 16.7.